The molecule has 112 valence electrons. The summed E-state index contributed by atoms with van der Waals surface area (Å²) < 4.78 is 39.1. The van der Waals surface area contributed by atoms with Gasteiger partial charge in [0.25, 0.3) is 0 Å². The van der Waals surface area contributed by atoms with E-state index < -0.39 is 18.4 Å². The van der Waals surface area contributed by atoms with Crippen LogP contribution in [0.5, 0.6) is 0 Å². The second-order valence-electron chi connectivity index (χ2n) is 4.78. The molecular weight excluding hydrogens is 327 g/mol. The van der Waals surface area contributed by atoms with Crippen LogP contribution in [0, 0.1) is 6.92 Å². The molecule has 0 aliphatic carbocycles. The number of aliphatic hydroxyl groups is 1. The Balaban J connectivity index is 2.02. The number of hydrogen-bond donors (Lipinski definition) is 1. The van der Waals surface area contributed by atoms with E-state index in [1.165, 1.54) is 11.3 Å². The third-order valence-electron chi connectivity index (χ3n) is 3.32. The van der Waals surface area contributed by atoms with Crippen LogP contribution in [0.4, 0.5) is 13.2 Å². The smallest absolute Gasteiger partial charge is 0.350 e. The van der Waals surface area contributed by atoms with E-state index >= 15 is 0 Å². The molecule has 3 nitrogen and oxygen atoms in total. The van der Waals surface area contributed by atoms with Crippen LogP contribution in [-0.2, 0) is 4.84 Å². The highest BCUT2D eigenvalue weighted by Crippen LogP contribution is 2.42. The first-order valence-corrected chi connectivity index (χ1v) is 7.14. The van der Waals surface area contributed by atoms with Crippen LogP contribution in [0.3, 0.4) is 0 Å². The van der Waals surface area contributed by atoms with Crippen molar-refractivity contribution in [2.75, 3.05) is 0 Å². The van der Waals surface area contributed by atoms with E-state index in [0.29, 0.717) is 9.90 Å². The standard InChI is InChI=1S/C13H9ClF3NO2S/c1-6-8-4-7(14)2-3-10(8)21-11(6)9-5-12(19,20-18-9)13(15,16)17/h2-4,19H,5H2,1H3/t12-/m0/s1. The molecule has 0 saturated carbocycles. The van der Waals surface area contributed by atoms with Gasteiger partial charge >= 0.3 is 12.0 Å². The highest BCUT2D eigenvalue weighted by molar-refractivity contribution is 7.21. The summed E-state index contributed by atoms with van der Waals surface area (Å²) in [6.45, 7) is 1.78. The van der Waals surface area contributed by atoms with Crippen molar-refractivity contribution in [3.8, 4) is 0 Å². The lowest BCUT2D eigenvalue weighted by Gasteiger charge is -2.22. The number of aryl methyl sites for hydroxylation is 1. The summed E-state index contributed by atoms with van der Waals surface area (Å²) in [4.78, 5) is 4.81. The molecule has 0 bridgehead atoms. The van der Waals surface area contributed by atoms with Crippen molar-refractivity contribution in [1.29, 1.82) is 0 Å². The number of hydrogen-bond acceptors (Lipinski definition) is 4. The summed E-state index contributed by atoms with van der Waals surface area (Å²) in [5.41, 5.74) is 0.857. The first-order valence-electron chi connectivity index (χ1n) is 5.94. The van der Waals surface area contributed by atoms with Gasteiger partial charge in [0.2, 0.25) is 0 Å². The van der Waals surface area contributed by atoms with Gasteiger partial charge in [0.05, 0.1) is 11.3 Å². The lowest BCUT2D eigenvalue weighted by molar-refractivity contribution is -0.355. The third kappa shape index (κ3) is 2.29. The van der Waals surface area contributed by atoms with Gasteiger partial charge in [-0.2, -0.15) is 13.2 Å². The van der Waals surface area contributed by atoms with Gasteiger partial charge in [-0.1, -0.05) is 16.8 Å². The summed E-state index contributed by atoms with van der Waals surface area (Å²) in [6, 6.07) is 5.26. The second kappa shape index (κ2) is 4.59. The Morgan fingerprint density at radius 2 is 2.14 bits per heavy atom. The monoisotopic (exact) mass is 335 g/mol. The van der Waals surface area contributed by atoms with Crippen LogP contribution in [0.1, 0.15) is 16.9 Å². The zero-order valence-corrected chi connectivity index (χ0v) is 12.2. The number of benzene rings is 1. The van der Waals surface area contributed by atoms with E-state index in [1.807, 2.05) is 0 Å². The zero-order chi connectivity index (χ0) is 15.4. The van der Waals surface area contributed by atoms with Crippen molar-refractivity contribution in [2.45, 2.75) is 25.3 Å². The highest BCUT2D eigenvalue weighted by Gasteiger charge is 2.60. The van der Waals surface area contributed by atoms with Gasteiger partial charge in [-0.05, 0) is 36.1 Å². The fourth-order valence-electron chi connectivity index (χ4n) is 2.16. The number of halogens is 4. The van der Waals surface area contributed by atoms with Crippen molar-refractivity contribution in [3.05, 3.63) is 33.7 Å². The highest BCUT2D eigenvalue weighted by atomic mass is 35.5. The largest absolute Gasteiger partial charge is 0.458 e. The normalized spacial score (nSPS) is 22.5. The van der Waals surface area contributed by atoms with E-state index in [-0.39, 0.29) is 5.71 Å². The molecule has 21 heavy (non-hydrogen) atoms. The molecule has 1 aliphatic heterocycles. The quantitative estimate of drug-likeness (QED) is 0.847. The van der Waals surface area contributed by atoms with Crippen LogP contribution in [0.15, 0.2) is 23.4 Å². The number of fused-ring (bicyclic) bond motifs is 1. The van der Waals surface area contributed by atoms with E-state index in [4.69, 9.17) is 11.6 Å². The number of rotatable bonds is 1. The van der Waals surface area contributed by atoms with Gasteiger partial charge in [0, 0.05) is 9.72 Å². The second-order valence-corrected chi connectivity index (χ2v) is 6.27. The van der Waals surface area contributed by atoms with Gasteiger partial charge in [-0.25, -0.2) is 0 Å². The fourth-order valence-corrected chi connectivity index (χ4v) is 3.50. The predicted molar refractivity (Wildman–Crippen MR) is 74.8 cm³/mol. The van der Waals surface area contributed by atoms with Crippen molar-refractivity contribution in [3.63, 3.8) is 0 Å². The van der Waals surface area contributed by atoms with Crippen LogP contribution in [0.25, 0.3) is 10.1 Å². The molecular formula is C13H9ClF3NO2S. The summed E-state index contributed by atoms with van der Waals surface area (Å²) in [7, 11) is 0. The molecule has 1 aromatic heterocycles. The maximum absolute atomic E-state index is 12.7. The molecule has 0 fully saturated rings. The average molecular weight is 336 g/mol. The van der Waals surface area contributed by atoms with Crippen LogP contribution in [-0.4, -0.2) is 22.8 Å². The van der Waals surface area contributed by atoms with E-state index in [2.05, 4.69) is 9.99 Å². The number of nitrogens with zero attached hydrogens (tertiary/aromatic N) is 1. The SMILES string of the molecule is Cc1c(C2=NO[C@](O)(C(F)(F)F)C2)sc2ccc(Cl)cc12. The van der Waals surface area contributed by atoms with Gasteiger partial charge in [0.1, 0.15) is 5.71 Å². The Hall–Kier alpha value is -1.31. The zero-order valence-electron chi connectivity index (χ0n) is 10.7. The third-order valence-corrected chi connectivity index (χ3v) is 4.87. The lowest BCUT2D eigenvalue weighted by Crippen LogP contribution is -2.45. The lowest BCUT2D eigenvalue weighted by atomic mass is 10.0. The topological polar surface area (TPSA) is 41.8 Å². The Kier molecular flexibility index (Phi) is 3.20. The van der Waals surface area contributed by atoms with Crippen molar-refractivity contribution < 1.29 is 23.1 Å². The Labute approximate surface area is 126 Å². The Morgan fingerprint density at radius 1 is 1.43 bits per heavy atom. The molecule has 1 N–H and O–H groups in total. The molecule has 0 spiro atoms. The average Bonchev–Trinajstić information content (AvgIpc) is 2.92. The van der Waals surface area contributed by atoms with Gasteiger partial charge < -0.3 is 9.94 Å². The first kappa shape index (κ1) is 14.6. The molecule has 1 aromatic carbocycles. The summed E-state index contributed by atoms with van der Waals surface area (Å²) in [5.74, 6) is -3.25. The van der Waals surface area contributed by atoms with Crippen LogP contribution < -0.4 is 0 Å². The van der Waals surface area contributed by atoms with E-state index in [9.17, 15) is 18.3 Å². The summed E-state index contributed by atoms with van der Waals surface area (Å²) >= 11 is 7.22. The maximum Gasteiger partial charge on any atom is 0.458 e. The number of thiophene rings is 1. The molecule has 0 saturated heterocycles. The number of alkyl halides is 3. The van der Waals surface area contributed by atoms with Gasteiger partial charge in [-0.3, -0.25) is 0 Å². The van der Waals surface area contributed by atoms with Crippen molar-refractivity contribution in [2.24, 2.45) is 5.16 Å². The molecule has 2 aromatic rings. The van der Waals surface area contributed by atoms with E-state index in [1.54, 1.807) is 25.1 Å². The Morgan fingerprint density at radius 3 is 2.76 bits per heavy atom. The first-order chi connectivity index (χ1) is 9.71. The summed E-state index contributed by atoms with van der Waals surface area (Å²) in [5, 5.41) is 14.3. The summed E-state index contributed by atoms with van der Waals surface area (Å²) in [6.07, 6.45) is -5.62. The minimum Gasteiger partial charge on any atom is -0.350 e. The predicted octanol–water partition coefficient (Wildman–Crippen LogP) is 4.24. The minimum atomic E-state index is -4.90. The molecule has 0 radical (unpaired) electrons. The molecule has 1 atom stereocenters. The minimum absolute atomic E-state index is 0.0876. The molecule has 0 amide bonds. The Bertz CT molecular complexity index is 756. The molecule has 2 heterocycles. The van der Waals surface area contributed by atoms with Crippen LogP contribution in [0.2, 0.25) is 5.02 Å². The maximum atomic E-state index is 12.7. The molecule has 3 rings (SSSR count). The number of oxime groups is 1. The van der Waals surface area contributed by atoms with Gasteiger partial charge in [0.15, 0.2) is 0 Å². The van der Waals surface area contributed by atoms with Crippen molar-refractivity contribution >= 4 is 38.7 Å². The molecule has 1 aliphatic rings. The van der Waals surface area contributed by atoms with Crippen LogP contribution >= 0.6 is 22.9 Å². The van der Waals surface area contributed by atoms with Crippen molar-refractivity contribution in [1.82, 2.24) is 0 Å². The van der Waals surface area contributed by atoms with E-state index in [0.717, 1.165) is 15.6 Å². The molecule has 0 unspecified atom stereocenters. The fraction of sp³-hybridized carbons (Fsp3) is 0.308. The van der Waals surface area contributed by atoms with Gasteiger partial charge in [-0.15, -0.1) is 11.3 Å². The molecule has 8 heteroatoms.